The summed E-state index contributed by atoms with van der Waals surface area (Å²) in [5.74, 6) is 0. The van der Waals surface area contributed by atoms with Crippen LogP contribution < -0.4 is 0 Å². The molecular weight excluding hydrogens is 577 g/mol. The van der Waals surface area contributed by atoms with Crippen molar-refractivity contribution >= 4 is 0 Å². The lowest BCUT2D eigenvalue weighted by Crippen LogP contribution is -2.22. The Hall–Kier alpha value is -4.68. The maximum Gasteiger partial charge on any atom is 0.0435 e. The van der Waals surface area contributed by atoms with Crippen LogP contribution in [-0.4, -0.2) is 0 Å². The Morgan fingerprint density at radius 2 is 0.521 bits per heavy atom. The van der Waals surface area contributed by atoms with Crippen molar-refractivity contribution in [1.29, 1.82) is 0 Å². The minimum absolute atomic E-state index is 0. The molecule has 0 heterocycles. The van der Waals surface area contributed by atoms with Gasteiger partial charge in [-0.05, 0) is 83.3 Å². The molecule has 0 bridgehead atoms. The van der Waals surface area contributed by atoms with E-state index >= 15 is 0 Å². The lowest BCUT2D eigenvalue weighted by atomic mass is 9.74. The highest BCUT2D eigenvalue weighted by Gasteiger charge is 2.41. The first-order chi connectivity index (χ1) is 22.4. The molecule has 248 valence electrons. The first-order valence-corrected chi connectivity index (χ1v) is 17.0. The van der Waals surface area contributed by atoms with Crippen LogP contribution in [0, 0.1) is 13.8 Å². The molecule has 0 nitrogen and oxygen atoms in total. The van der Waals surface area contributed by atoms with Crippen LogP contribution in [0.25, 0.3) is 22.3 Å². The molecule has 0 saturated heterocycles. The van der Waals surface area contributed by atoms with E-state index in [4.69, 9.17) is 0 Å². The van der Waals surface area contributed by atoms with Gasteiger partial charge in [0.25, 0.3) is 0 Å². The Morgan fingerprint density at radius 3 is 0.750 bits per heavy atom. The molecule has 0 aliphatic heterocycles. The van der Waals surface area contributed by atoms with Gasteiger partial charge in [-0.25, -0.2) is 0 Å². The largest absolute Gasteiger partial charge is 0.0776 e. The second-order valence-electron chi connectivity index (χ2n) is 12.2. The monoisotopic (exact) mass is 632 g/mol. The van der Waals surface area contributed by atoms with E-state index in [1.807, 2.05) is 27.7 Å². The van der Waals surface area contributed by atoms with Crippen molar-refractivity contribution in [2.45, 2.75) is 81.1 Å². The van der Waals surface area contributed by atoms with Crippen molar-refractivity contribution < 1.29 is 0 Å². The van der Waals surface area contributed by atoms with E-state index in [0.717, 1.165) is 0 Å². The van der Waals surface area contributed by atoms with Gasteiger partial charge < -0.3 is 0 Å². The van der Waals surface area contributed by atoms with Gasteiger partial charge in [-0.15, -0.1) is 0 Å². The van der Waals surface area contributed by atoms with Crippen molar-refractivity contribution in [2.24, 2.45) is 0 Å². The van der Waals surface area contributed by atoms with Crippen LogP contribution in [0.2, 0.25) is 0 Å². The SMILES string of the molecule is C.C.CC.CC.Cc1ccc(C2(C)c3ccccc3-c3ccccc32)cc1.Cc1ccc(C2(C)c3ccccc3-c3ccccc32)cc1. The highest BCUT2D eigenvalue weighted by Crippen LogP contribution is 2.53. The van der Waals surface area contributed by atoms with Gasteiger partial charge in [0.2, 0.25) is 0 Å². The molecule has 0 amide bonds. The molecule has 0 saturated carbocycles. The van der Waals surface area contributed by atoms with Crippen LogP contribution in [0.3, 0.4) is 0 Å². The molecule has 0 spiro atoms. The highest BCUT2D eigenvalue weighted by molar-refractivity contribution is 5.84. The van der Waals surface area contributed by atoms with Crippen LogP contribution in [-0.2, 0) is 10.8 Å². The van der Waals surface area contributed by atoms with Crippen molar-refractivity contribution in [3.05, 3.63) is 190 Å². The second kappa shape index (κ2) is 15.9. The van der Waals surface area contributed by atoms with E-state index in [0.29, 0.717) is 0 Å². The molecule has 8 rings (SSSR count). The standard InChI is InChI=1S/2C21H18.2C2H6.2CH4/c2*1-15-11-13-16(14-12-15)21(2)19-9-5-3-7-17(19)18-8-4-6-10-20(18)21;2*1-2;;/h2*3-14H,1-2H3;2*1-2H3;2*1H4. The Labute approximate surface area is 292 Å². The summed E-state index contributed by atoms with van der Waals surface area (Å²) in [6.45, 7) is 17.0. The Kier molecular flexibility index (Phi) is 12.5. The molecule has 0 aromatic heterocycles. The molecule has 2 aliphatic rings. The van der Waals surface area contributed by atoms with Gasteiger partial charge in [-0.1, -0.05) is 199 Å². The van der Waals surface area contributed by atoms with Gasteiger partial charge in [-0.2, -0.15) is 0 Å². The molecule has 2 aliphatic carbocycles. The first kappa shape index (κ1) is 37.8. The Bertz CT molecular complexity index is 1670. The number of benzene rings is 6. The van der Waals surface area contributed by atoms with Crippen molar-refractivity contribution in [1.82, 2.24) is 0 Å². The number of hydrogen-bond acceptors (Lipinski definition) is 0. The number of rotatable bonds is 2. The minimum atomic E-state index is -0.0547. The molecule has 0 heteroatoms. The van der Waals surface area contributed by atoms with E-state index in [2.05, 4.69) is 173 Å². The maximum absolute atomic E-state index is 2.35. The molecule has 6 aromatic rings. The third-order valence-electron chi connectivity index (χ3n) is 9.70. The lowest BCUT2D eigenvalue weighted by Gasteiger charge is -2.28. The average molecular weight is 633 g/mol. The summed E-state index contributed by atoms with van der Waals surface area (Å²) in [5.41, 5.74) is 16.4. The normalized spacial score (nSPS) is 13.0. The molecule has 6 aromatic carbocycles. The van der Waals surface area contributed by atoms with Crippen molar-refractivity contribution in [3.8, 4) is 22.3 Å². The molecular formula is C48H56. The lowest BCUT2D eigenvalue weighted by molar-refractivity contribution is 0.713. The third kappa shape index (κ3) is 6.29. The molecule has 0 N–H and O–H groups in total. The van der Waals surface area contributed by atoms with E-state index in [-0.39, 0.29) is 25.7 Å². The van der Waals surface area contributed by atoms with E-state index in [9.17, 15) is 0 Å². The van der Waals surface area contributed by atoms with Crippen LogP contribution in [0.4, 0.5) is 0 Å². The molecule has 0 atom stereocenters. The molecule has 0 unspecified atom stereocenters. The summed E-state index contributed by atoms with van der Waals surface area (Å²) in [5, 5.41) is 0. The Morgan fingerprint density at radius 1 is 0.312 bits per heavy atom. The summed E-state index contributed by atoms with van der Waals surface area (Å²) < 4.78 is 0. The summed E-state index contributed by atoms with van der Waals surface area (Å²) in [7, 11) is 0. The number of hydrogen-bond donors (Lipinski definition) is 0. The second-order valence-corrected chi connectivity index (χ2v) is 12.2. The van der Waals surface area contributed by atoms with E-state index in [1.165, 1.54) is 66.8 Å². The summed E-state index contributed by atoms with van der Waals surface area (Å²) >= 11 is 0. The Balaban J connectivity index is 0.000000228. The summed E-state index contributed by atoms with van der Waals surface area (Å²) in [6, 6.07) is 53.1. The topological polar surface area (TPSA) is 0 Å². The fraction of sp³-hybridized carbons (Fsp3) is 0.250. The zero-order valence-electron chi connectivity index (χ0n) is 28.9. The molecule has 0 radical (unpaired) electrons. The predicted octanol–water partition coefficient (Wildman–Crippen LogP) is 14.0. The summed E-state index contributed by atoms with van der Waals surface area (Å²) in [6.07, 6.45) is 0. The van der Waals surface area contributed by atoms with Crippen molar-refractivity contribution in [2.75, 3.05) is 0 Å². The maximum atomic E-state index is 2.35. The smallest absolute Gasteiger partial charge is 0.0435 e. The van der Waals surface area contributed by atoms with Crippen LogP contribution in [0.5, 0.6) is 0 Å². The van der Waals surface area contributed by atoms with Gasteiger partial charge in [0.05, 0.1) is 0 Å². The van der Waals surface area contributed by atoms with Crippen LogP contribution in [0.1, 0.15) is 101 Å². The van der Waals surface area contributed by atoms with Crippen molar-refractivity contribution in [3.63, 3.8) is 0 Å². The quantitative estimate of drug-likeness (QED) is 0.178. The van der Waals surface area contributed by atoms with E-state index in [1.54, 1.807) is 0 Å². The van der Waals surface area contributed by atoms with Gasteiger partial charge in [-0.3, -0.25) is 0 Å². The first-order valence-electron chi connectivity index (χ1n) is 17.0. The zero-order chi connectivity index (χ0) is 32.9. The molecule has 48 heavy (non-hydrogen) atoms. The minimum Gasteiger partial charge on any atom is -0.0776 e. The van der Waals surface area contributed by atoms with Gasteiger partial charge in [0.1, 0.15) is 0 Å². The fourth-order valence-corrected chi connectivity index (χ4v) is 7.30. The van der Waals surface area contributed by atoms with Gasteiger partial charge in [0.15, 0.2) is 0 Å². The average Bonchev–Trinajstić information content (AvgIpc) is 3.55. The van der Waals surface area contributed by atoms with Gasteiger partial charge in [0, 0.05) is 10.8 Å². The third-order valence-corrected chi connectivity index (χ3v) is 9.70. The number of fused-ring (bicyclic) bond motifs is 6. The predicted molar refractivity (Wildman–Crippen MR) is 213 cm³/mol. The zero-order valence-corrected chi connectivity index (χ0v) is 28.9. The fourth-order valence-electron chi connectivity index (χ4n) is 7.30. The van der Waals surface area contributed by atoms with Crippen LogP contribution in [0.15, 0.2) is 146 Å². The van der Waals surface area contributed by atoms with Crippen LogP contribution >= 0.6 is 0 Å². The van der Waals surface area contributed by atoms with Gasteiger partial charge >= 0.3 is 0 Å². The van der Waals surface area contributed by atoms with E-state index < -0.39 is 0 Å². The molecule has 0 fully saturated rings. The highest BCUT2D eigenvalue weighted by atomic mass is 14.4. The number of aryl methyl sites for hydroxylation is 2. The summed E-state index contributed by atoms with van der Waals surface area (Å²) in [4.78, 5) is 0.